The molecule has 0 saturated carbocycles. The molecule has 0 aliphatic carbocycles. The average molecular weight is 305 g/mol. The van der Waals surface area contributed by atoms with Gasteiger partial charge in [0.05, 0.1) is 7.11 Å². The third-order valence-corrected chi connectivity index (χ3v) is 3.87. The number of para-hydroxylation sites is 1. The maximum Gasteiger partial charge on any atom is 0.321 e. The Bertz CT molecular complexity index is 507. The van der Waals surface area contributed by atoms with Crippen LogP contribution < -0.4 is 11.1 Å². The van der Waals surface area contributed by atoms with E-state index in [1.54, 1.807) is 4.90 Å². The van der Waals surface area contributed by atoms with Crippen molar-refractivity contribution in [3.05, 3.63) is 30.3 Å². The smallest absolute Gasteiger partial charge is 0.321 e. The van der Waals surface area contributed by atoms with E-state index in [-0.39, 0.29) is 24.0 Å². The Hall–Kier alpha value is -2.08. The van der Waals surface area contributed by atoms with Crippen LogP contribution in [0.3, 0.4) is 0 Å². The second kappa shape index (κ2) is 7.79. The summed E-state index contributed by atoms with van der Waals surface area (Å²) >= 11 is 0. The molecule has 0 bridgehead atoms. The van der Waals surface area contributed by atoms with Crippen LogP contribution in [0.2, 0.25) is 0 Å². The van der Waals surface area contributed by atoms with Gasteiger partial charge in [0.25, 0.3) is 0 Å². The number of carbonyl (C=O) groups excluding carboxylic acids is 2. The lowest BCUT2D eigenvalue weighted by Crippen LogP contribution is -2.50. The Morgan fingerprint density at radius 2 is 2.05 bits per heavy atom. The molecule has 1 saturated heterocycles. The fourth-order valence-corrected chi connectivity index (χ4v) is 2.77. The summed E-state index contributed by atoms with van der Waals surface area (Å²) < 4.78 is 4.66. The molecule has 1 aliphatic rings. The van der Waals surface area contributed by atoms with Gasteiger partial charge in [-0.3, -0.25) is 4.79 Å². The summed E-state index contributed by atoms with van der Waals surface area (Å²) in [5.74, 6) is 0.00352. The normalized spacial score (nSPS) is 21.3. The molecule has 0 aromatic heterocycles. The number of hydrogen-bond acceptors (Lipinski definition) is 4. The Morgan fingerprint density at radius 1 is 1.32 bits per heavy atom. The van der Waals surface area contributed by atoms with Crippen molar-refractivity contribution in [1.29, 1.82) is 0 Å². The lowest BCUT2D eigenvalue weighted by Gasteiger charge is -2.36. The summed E-state index contributed by atoms with van der Waals surface area (Å²) in [7, 11) is 1.38. The molecule has 2 rings (SSSR count). The Morgan fingerprint density at radius 3 is 2.73 bits per heavy atom. The number of nitrogens with two attached hydrogens (primary N) is 1. The number of nitrogens with one attached hydrogen (secondary N) is 1. The molecule has 6 heteroatoms. The van der Waals surface area contributed by atoms with E-state index in [0.29, 0.717) is 25.9 Å². The van der Waals surface area contributed by atoms with Gasteiger partial charge in [-0.2, -0.15) is 0 Å². The van der Waals surface area contributed by atoms with Gasteiger partial charge in [-0.05, 0) is 30.9 Å². The number of likely N-dealkylation sites (tertiary alicyclic amines) is 1. The van der Waals surface area contributed by atoms with Gasteiger partial charge in [-0.25, -0.2) is 4.79 Å². The van der Waals surface area contributed by atoms with Crippen molar-refractivity contribution in [2.75, 3.05) is 25.5 Å². The van der Waals surface area contributed by atoms with Gasteiger partial charge in [-0.1, -0.05) is 18.2 Å². The number of benzene rings is 1. The summed E-state index contributed by atoms with van der Waals surface area (Å²) in [4.78, 5) is 25.3. The van der Waals surface area contributed by atoms with E-state index < -0.39 is 0 Å². The Kier molecular flexibility index (Phi) is 5.77. The quantitative estimate of drug-likeness (QED) is 0.831. The second-order valence-electron chi connectivity index (χ2n) is 5.68. The third-order valence-electron chi connectivity index (χ3n) is 3.87. The molecule has 0 radical (unpaired) electrons. The van der Waals surface area contributed by atoms with Crippen LogP contribution in [-0.2, 0) is 9.53 Å². The highest BCUT2D eigenvalue weighted by atomic mass is 16.5. The molecule has 22 heavy (non-hydrogen) atoms. The summed E-state index contributed by atoms with van der Waals surface area (Å²) in [6.07, 6.45) is 1.88. The number of piperidine rings is 1. The number of urea groups is 1. The van der Waals surface area contributed by atoms with E-state index in [0.717, 1.165) is 12.1 Å². The van der Waals surface area contributed by atoms with Crippen LogP contribution in [0.1, 0.15) is 19.3 Å². The molecule has 1 aliphatic heterocycles. The topological polar surface area (TPSA) is 84.7 Å². The van der Waals surface area contributed by atoms with Crippen molar-refractivity contribution in [3.63, 3.8) is 0 Å². The van der Waals surface area contributed by atoms with Crippen LogP contribution in [0, 0.1) is 5.92 Å². The van der Waals surface area contributed by atoms with Crippen molar-refractivity contribution >= 4 is 17.7 Å². The van der Waals surface area contributed by atoms with E-state index >= 15 is 0 Å². The SMILES string of the molecule is COC(=O)CCC1CC(N)CN(C(=O)Nc2ccccc2)C1. The predicted molar refractivity (Wildman–Crippen MR) is 84.4 cm³/mol. The predicted octanol–water partition coefficient (Wildman–Crippen LogP) is 1.82. The summed E-state index contributed by atoms with van der Waals surface area (Å²) in [5, 5.41) is 2.87. The zero-order valence-corrected chi connectivity index (χ0v) is 12.8. The summed E-state index contributed by atoms with van der Waals surface area (Å²) in [6.45, 7) is 1.15. The zero-order valence-electron chi connectivity index (χ0n) is 12.8. The number of hydrogen-bond donors (Lipinski definition) is 2. The zero-order chi connectivity index (χ0) is 15.9. The molecule has 1 aromatic carbocycles. The monoisotopic (exact) mass is 305 g/mol. The van der Waals surface area contributed by atoms with Crippen molar-refractivity contribution in [2.24, 2.45) is 11.7 Å². The number of methoxy groups -OCH3 is 1. The largest absolute Gasteiger partial charge is 0.469 e. The van der Waals surface area contributed by atoms with Crippen LogP contribution >= 0.6 is 0 Å². The van der Waals surface area contributed by atoms with Crippen molar-refractivity contribution in [3.8, 4) is 0 Å². The molecule has 1 aromatic rings. The number of esters is 1. The summed E-state index contributed by atoms with van der Waals surface area (Å²) in [5.41, 5.74) is 6.81. The first-order valence-corrected chi connectivity index (χ1v) is 7.52. The van der Waals surface area contributed by atoms with Crippen LogP contribution in [-0.4, -0.2) is 43.1 Å². The minimum absolute atomic E-state index is 0.0575. The molecule has 2 amide bonds. The minimum Gasteiger partial charge on any atom is -0.469 e. The molecular formula is C16H23N3O3. The average Bonchev–Trinajstić information content (AvgIpc) is 2.53. The number of anilines is 1. The fourth-order valence-electron chi connectivity index (χ4n) is 2.77. The van der Waals surface area contributed by atoms with Crippen molar-refractivity contribution < 1.29 is 14.3 Å². The van der Waals surface area contributed by atoms with E-state index in [1.165, 1.54) is 7.11 Å². The molecule has 1 fully saturated rings. The molecule has 6 nitrogen and oxygen atoms in total. The first kappa shape index (κ1) is 16.3. The maximum atomic E-state index is 12.3. The lowest BCUT2D eigenvalue weighted by atomic mass is 9.91. The molecule has 2 unspecified atom stereocenters. The van der Waals surface area contributed by atoms with Crippen molar-refractivity contribution in [2.45, 2.75) is 25.3 Å². The molecule has 2 atom stereocenters. The molecule has 1 heterocycles. The number of nitrogens with zero attached hydrogens (tertiary/aromatic N) is 1. The summed E-state index contributed by atoms with van der Waals surface area (Å²) in [6, 6.07) is 9.12. The highest BCUT2D eigenvalue weighted by molar-refractivity contribution is 5.89. The van der Waals surface area contributed by atoms with Gasteiger partial charge >= 0.3 is 12.0 Å². The highest BCUT2D eigenvalue weighted by Gasteiger charge is 2.28. The number of rotatable bonds is 4. The van der Waals surface area contributed by atoms with Gasteiger partial charge in [0.1, 0.15) is 0 Å². The molecule has 0 spiro atoms. The maximum absolute atomic E-state index is 12.3. The van der Waals surface area contributed by atoms with Gasteiger partial charge in [0.15, 0.2) is 0 Å². The first-order chi connectivity index (χ1) is 10.6. The van der Waals surface area contributed by atoms with E-state index in [4.69, 9.17) is 5.73 Å². The number of carbonyl (C=O) groups is 2. The fraction of sp³-hybridized carbons (Fsp3) is 0.500. The van der Waals surface area contributed by atoms with Crippen LogP contribution in [0.15, 0.2) is 30.3 Å². The first-order valence-electron chi connectivity index (χ1n) is 7.52. The van der Waals surface area contributed by atoms with Gasteiger partial charge in [0, 0.05) is 31.2 Å². The van der Waals surface area contributed by atoms with E-state index in [9.17, 15) is 9.59 Å². The number of ether oxygens (including phenoxy) is 1. The van der Waals surface area contributed by atoms with E-state index in [1.807, 2.05) is 30.3 Å². The molecular weight excluding hydrogens is 282 g/mol. The standard InChI is InChI=1S/C16H23N3O3/c1-22-15(20)8-7-12-9-13(17)11-19(10-12)16(21)18-14-5-3-2-4-6-14/h2-6,12-13H,7-11,17H2,1H3,(H,18,21). The lowest BCUT2D eigenvalue weighted by molar-refractivity contribution is -0.141. The van der Waals surface area contributed by atoms with Crippen LogP contribution in [0.25, 0.3) is 0 Å². The molecule has 120 valence electrons. The van der Waals surface area contributed by atoms with Gasteiger partial charge < -0.3 is 20.7 Å². The second-order valence-corrected chi connectivity index (χ2v) is 5.68. The Labute approximate surface area is 130 Å². The molecule has 3 N–H and O–H groups in total. The van der Waals surface area contributed by atoms with E-state index in [2.05, 4.69) is 10.1 Å². The minimum atomic E-state index is -0.223. The van der Waals surface area contributed by atoms with Gasteiger partial charge in [-0.15, -0.1) is 0 Å². The van der Waals surface area contributed by atoms with Crippen LogP contribution in [0.5, 0.6) is 0 Å². The van der Waals surface area contributed by atoms with Crippen molar-refractivity contribution in [1.82, 2.24) is 4.90 Å². The highest BCUT2D eigenvalue weighted by Crippen LogP contribution is 2.21. The number of amides is 2. The Balaban J connectivity index is 1.89. The third kappa shape index (κ3) is 4.73. The van der Waals surface area contributed by atoms with Gasteiger partial charge in [0.2, 0.25) is 0 Å². The van der Waals surface area contributed by atoms with Crippen LogP contribution in [0.4, 0.5) is 10.5 Å².